The topological polar surface area (TPSA) is 91.0 Å². The number of halogens is 3. The smallest absolute Gasteiger partial charge is 0.365 e. The number of rotatable bonds is 7. The summed E-state index contributed by atoms with van der Waals surface area (Å²) >= 11 is 0. The zero-order valence-corrected chi connectivity index (χ0v) is 22.3. The summed E-state index contributed by atoms with van der Waals surface area (Å²) in [6.07, 6.45) is -0.912. The number of benzene rings is 2. The van der Waals surface area contributed by atoms with E-state index >= 15 is 0 Å². The Morgan fingerprint density at radius 1 is 1.10 bits per heavy atom. The van der Waals surface area contributed by atoms with E-state index in [0.717, 1.165) is 60.9 Å². The number of fused-ring (bicyclic) bond motifs is 1. The van der Waals surface area contributed by atoms with E-state index in [2.05, 4.69) is 43.4 Å². The number of carbonyl (C=O) groups excluding carboxylic acids is 1. The normalized spacial score (nSPS) is 17.0. The molecule has 0 aliphatic carbocycles. The number of piperidine rings is 1. The van der Waals surface area contributed by atoms with Crippen molar-refractivity contribution < 1.29 is 18.0 Å². The lowest BCUT2D eigenvalue weighted by molar-refractivity contribution is -0.137. The van der Waals surface area contributed by atoms with Gasteiger partial charge in [0, 0.05) is 24.1 Å². The Morgan fingerprint density at radius 3 is 2.59 bits per heavy atom. The van der Waals surface area contributed by atoms with Crippen molar-refractivity contribution in [1.82, 2.24) is 15.3 Å². The summed E-state index contributed by atoms with van der Waals surface area (Å²) in [6.45, 7) is 7.70. The zero-order chi connectivity index (χ0) is 27.8. The summed E-state index contributed by atoms with van der Waals surface area (Å²) in [5.41, 5.74) is 3.52. The molecule has 3 heterocycles. The van der Waals surface area contributed by atoms with Crippen LogP contribution < -0.4 is 21.3 Å². The van der Waals surface area contributed by atoms with Crippen molar-refractivity contribution in [2.45, 2.75) is 64.1 Å². The number of amides is 1. The van der Waals surface area contributed by atoms with Gasteiger partial charge >= 0.3 is 6.18 Å². The van der Waals surface area contributed by atoms with Crippen LogP contribution in [0, 0.1) is 0 Å². The maximum absolute atomic E-state index is 13.9. The first kappa shape index (κ1) is 26.9. The van der Waals surface area contributed by atoms with E-state index in [-0.39, 0.29) is 24.2 Å². The van der Waals surface area contributed by atoms with Crippen LogP contribution in [0.15, 0.2) is 42.6 Å². The minimum Gasteiger partial charge on any atom is -0.365 e. The Hall–Kier alpha value is -3.66. The molecule has 4 N–H and O–H groups in total. The number of hydrogen-bond acceptors (Lipinski definition) is 6. The predicted octanol–water partition coefficient (Wildman–Crippen LogP) is 6.11. The number of aryl methyl sites for hydroxylation is 1. The lowest BCUT2D eigenvalue weighted by Gasteiger charge is -2.24. The van der Waals surface area contributed by atoms with Crippen molar-refractivity contribution >= 4 is 29.0 Å². The monoisotopic (exact) mass is 538 g/mol. The minimum atomic E-state index is -4.64. The minimum absolute atomic E-state index is 0.0618. The van der Waals surface area contributed by atoms with Crippen molar-refractivity contribution in [2.24, 2.45) is 0 Å². The van der Waals surface area contributed by atoms with Gasteiger partial charge in [-0.1, -0.05) is 31.2 Å². The van der Waals surface area contributed by atoms with Crippen LogP contribution in [-0.2, 0) is 29.4 Å². The van der Waals surface area contributed by atoms with E-state index in [9.17, 15) is 18.0 Å². The Kier molecular flexibility index (Phi) is 7.24. The van der Waals surface area contributed by atoms with Gasteiger partial charge < -0.3 is 21.3 Å². The van der Waals surface area contributed by atoms with E-state index in [4.69, 9.17) is 0 Å². The summed E-state index contributed by atoms with van der Waals surface area (Å²) in [4.78, 5) is 20.7. The Morgan fingerprint density at radius 2 is 1.87 bits per heavy atom. The van der Waals surface area contributed by atoms with Crippen molar-refractivity contribution in [3.63, 3.8) is 0 Å². The van der Waals surface area contributed by atoms with Gasteiger partial charge in [-0.25, -0.2) is 4.98 Å². The summed E-state index contributed by atoms with van der Waals surface area (Å²) in [6, 6.07) is 11.6. The summed E-state index contributed by atoms with van der Waals surface area (Å²) < 4.78 is 41.6. The van der Waals surface area contributed by atoms with Crippen LogP contribution in [0.25, 0.3) is 0 Å². The van der Waals surface area contributed by atoms with Crippen molar-refractivity contribution in [1.29, 1.82) is 0 Å². The molecule has 0 atom stereocenters. The molecular weight excluding hydrogens is 505 g/mol. The van der Waals surface area contributed by atoms with E-state index in [1.165, 1.54) is 5.56 Å². The highest BCUT2D eigenvalue weighted by atomic mass is 19.4. The van der Waals surface area contributed by atoms with Crippen LogP contribution in [0.2, 0.25) is 0 Å². The van der Waals surface area contributed by atoms with Gasteiger partial charge in [-0.2, -0.15) is 18.2 Å². The predicted molar refractivity (Wildman–Crippen MR) is 146 cm³/mol. The largest absolute Gasteiger partial charge is 0.421 e. The number of aromatic nitrogens is 2. The molecule has 10 heteroatoms. The number of nitrogens with zero attached hydrogens (tertiary/aromatic N) is 2. The van der Waals surface area contributed by atoms with Gasteiger partial charge in [0.15, 0.2) is 0 Å². The summed E-state index contributed by atoms with van der Waals surface area (Å²) in [5, 5.41) is 12.2. The molecule has 1 fully saturated rings. The van der Waals surface area contributed by atoms with Gasteiger partial charge in [0.25, 0.3) is 0 Å². The summed E-state index contributed by atoms with van der Waals surface area (Å²) in [5.74, 6) is 0.105. The number of anilines is 4. The SMILES string of the molecule is CCc1cc(C2CCNCC2)ccc1Nc1ncc(C(F)(F)F)c(NCc2cccc3c2C(C)(C)C(=O)N3)n1. The highest BCUT2D eigenvalue weighted by Gasteiger charge is 2.40. The highest BCUT2D eigenvalue weighted by molar-refractivity contribution is 6.06. The molecule has 0 saturated carbocycles. The second-order valence-electron chi connectivity index (χ2n) is 10.6. The Balaban J connectivity index is 1.41. The third kappa shape index (κ3) is 5.43. The van der Waals surface area contributed by atoms with Crippen LogP contribution in [0.5, 0.6) is 0 Å². The fourth-order valence-corrected chi connectivity index (χ4v) is 5.50. The van der Waals surface area contributed by atoms with Gasteiger partial charge in [0.1, 0.15) is 11.4 Å². The summed E-state index contributed by atoms with van der Waals surface area (Å²) in [7, 11) is 0. The lowest BCUT2D eigenvalue weighted by atomic mass is 9.83. The molecule has 0 radical (unpaired) electrons. The maximum Gasteiger partial charge on any atom is 0.421 e. The van der Waals surface area contributed by atoms with Crippen LogP contribution in [0.3, 0.4) is 0 Å². The van der Waals surface area contributed by atoms with Gasteiger partial charge in [-0.05, 0) is 86.5 Å². The molecule has 1 saturated heterocycles. The molecule has 0 bridgehead atoms. The quantitative estimate of drug-likeness (QED) is 0.290. The standard InChI is InChI=1S/C29H33F3N6O/c1-4-17-14-19(18-10-12-33-13-11-18)8-9-22(17)37-27-35-16-21(29(30,31)32)25(38-27)34-15-20-6-5-7-23-24(20)28(2,3)26(39)36-23/h5-9,14,16,18,33H,4,10-13,15H2,1-3H3,(H,36,39)(H2,34,35,37,38). The Bertz CT molecular complexity index is 1380. The second-order valence-corrected chi connectivity index (χ2v) is 10.6. The fraction of sp³-hybridized carbons (Fsp3) is 0.414. The van der Waals surface area contributed by atoms with Crippen LogP contribution in [0.4, 0.5) is 36.3 Å². The number of hydrogen-bond donors (Lipinski definition) is 4. The third-order valence-electron chi connectivity index (χ3n) is 7.70. The Labute approximate surface area is 226 Å². The molecule has 206 valence electrons. The molecule has 39 heavy (non-hydrogen) atoms. The van der Waals surface area contributed by atoms with Crippen molar-refractivity contribution in [2.75, 3.05) is 29.0 Å². The van der Waals surface area contributed by atoms with Crippen LogP contribution in [-0.4, -0.2) is 29.0 Å². The van der Waals surface area contributed by atoms with Crippen LogP contribution in [0.1, 0.15) is 67.3 Å². The number of carbonyl (C=O) groups is 1. The zero-order valence-electron chi connectivity index (χ0n) is 22.3. The average Bonchev–Trinajstić information content (AvgIpc) is 3.15. The molecule has 0 unspecified atom stereocenters. The molecule has 7 nitrogen and oxygen atoms in total. The van der Waals surface area contributed by atoms with Gasteiger partial charge in [-0.3, -0.25) is 4.79 Å². The fourth-order valence-electron chi connectivity index (χ4n) is 5.50. The molecule has 1 aromatic heterocycles. The first-order chi connectivity index (χ1) is 18.6. The molecule has 3 aromatic rings. The van der Waals surface area contributed by atoms with Crippen molar-refractivity contribution in [3.8, 4) is 0 Å². The molecule has 2 aliphatic heterocycles. The number of nitrogens with one attached hydrogen (secondary N) is 4. The van der Waals surface area contributed by atoms with Gasteiger partial charge in [-0.15, -0.1) is 0 Å². The van der Waals surface area contributed by atoms with E-state index < -0.39 is 17.2 Å². The molecule has 5 rings (SSSR count). The van der Waals surface area contributed by atoms with E-state index in [0.29, 0.717) is 11.6 Å². The van der Waals surface area contributed by atoms with E-state index in [1.807, 2.05) is 13.0 Å². The highest BCUT2D eigenvalue weighted by Crippen LogP contribution is 2.40. The van der Waals surface area contributed by atoms with Crippen LogP contribution >= 0.6 is 0 Å². The van der Waals surface area contributed by atoms with E-state index in [1.54, 1.807) is 32.0 Å². The molecule has 0 spiro atoms. The van der Waals surface area contributed by atoms with Crippen molar-refractivity contribution in [3.05, 3.63) is 70.4 Å². The van der Waals surface area contributed by atoms with Gasteiger partial charge in [0.2, 0.25) is 11.9 Å². The maximum atomic E-state index is 13.9. The van der Waals surface area contributed by atoms with Gasteiger partial charge in [0.05, 0.1) is 5.41 Å². The second kappa shape index (κ2) is 10.5. The first-order valence-corrected chi connectivity index (χ1v) is 13.3. The lowest BCUT2D eigenvalue weighted by Crippen LogP contribution is -2.28. The molecular formula is C29H33F3N6O. The third-order valence-corrected chi connectivity index (χ3v) is 7.70. The first-order valence-electron chi connectivity index (χ1n) is 13.3. The molecule has 1 amide bonds. The molecule has 2 aliphatic rings. The number of alkyl halides is 3. The average molecular weight is 539 g/mol. The molecule has 2 aromatic carbocycles.